The predicted molar refractivity (Wildman–Crippen MR) is 97.5 cm³/mol. The van der Waals surface area contributed by atoms with Crippen molar-refractivity contribution in [2.24, 2.45) is 0 Å². The van der Waals surface area contributed by atoms with Crippen molar-refractivity contribution in [3.05, 3.63) is 52.7 Å². The quantitative estimate of drug-likeness (QED) is 0.760. The van der Waals surface area contributed by atoms with Gasteiger partial charge in [-0.15, -0.1) is 0 Å². The second kappa shape index (κ2) is 6.66. The maximum atomic E-state index is 12.9. The van der Waals surface area contributed by atoms with E-state index in [1.54, 1.807) is 31.2 Å². The number of sulfonamides is 1. The standard InChI is InChI=1S/C17H18ClN3O5S/c1-17(11-4-6-12(18)7-5-11)15(22)21(16(23)19-17)10-13-8-9-14(26-13)27(24,25)20(2)3/h4-9H,10H2,1-3H3,(H,19,23). The summed E-state index contributed by atoms with van der Waals surface area (Å²) in [5.41, 5.74) is -0.657. The molecule has 0 aliphatic carbocycles. The Bertz CT molecular complexity index is 1000. The Hall–Kier alpha value is -2.36. The number of nitrogens with zero attached hydrogens (tertiary/aromatic N) is 2. The summed E-state index contributed by atoms with van der Waals surface area (Å²) in [6.07, 6.45) is 0. The molecule has 0 saturated carbocycles. The molecule has 1 aliphatic rings. The van der Waals surface area contributed by atoms with Gasteiger partial charge in [-0.1, -0.05) is 23.7 Å². The van der Waals surface area contributed by atoms with E-state index in [0.717, 1.165) is 9.21 Å². The third-order valence-electron chi connectivity index (χ3n) is 4.38. The van der Waals surface area contributed by atoms with Crippen molar-refractivity contribution in [1.29, 1.82) is 0 Å². The average molecular weight is 412 g/mol. The SMILES string of the molecule is CN(C)S(=O)(=O)c1ccc(CN2C(=O)NC(C)(c3ccc(Cl)cc3)C2=O)o1. The van der Waals surface area contributed by atoms with Gasteiger partial charge in [-0.05, 0) is 36.8 Å². The Morgan fingerprint density at radius 3 is 2.37 bits per heavy atom. The minimum Gasteiger partial charge on any atom is -0.446 e. The van der Waals surface area contributed by atoms with Crippen LogP contribution in [0.25, 0.3) is 0 Å². The van der Waals surface area contributed by atoms with Crippen LogP contribution in [0.15, 0.2) is 45.9 Å². The molecule has 1 fully saturated rings. The fourth-order valence-corrected chi connectivity index (χ4v) is 3.68. The van der Waals surface area contributed by atoms with Gasteiger partial charge in [-0.25, -0.2) is 17.5 Å². The van der Waals surface area contributed by atoms with E-state index in [2.05, 4.69) is 5.32 Å². The zero-order valence-electron chi connectivity index (χ0n) is 14.9. The van der Waals surface area contributed by atoms with Crippen LogP contribution in [0.1, 0.15) is 18.2 Å². The van der Waals surface area contributed by atoms with Crippen molar-refractivity contribution in [3.63, 3.8) is 0 Å². The molecule has 10 heteroatoms. The Labute approximate surface area is 161 Å². The van der Waals surface area contributed by atoms with Crippen molar-refractivity contribution < 1.29 is 22.4 Å². The molecule has 27 heavy (non-hydrogen) atoms. The normalized spacial score (nSPS) is 20.4. The third kappa shape index (κ3) is 3.33. The Morgan fingerprint density at radius 1 is 1.15 bits per heavy atom. The molecule has 0 spiro atoms. The molecule has 3 rings (SSSR count). The van der Waals surface area contributed by atoms with Crippen molar-refractivity contribution in [2.75, 3.05) is 14.1 Å². The highest BCUT2D eigenvalue weighted by molar-refractivity contribution is 7.88. The number of imide groups is 1. The van der Waals surface area contributed by atoms with E-state index in [1.807, 2.05) is 0 Å². The van der Waals surface area contributed by atoms with Gasteiger partial charge in [0.1, 0.15) is 11.3 Å². The average Bonchev–Trinajstić information content (AvgIpc) is 3.15. The molecule has 1 N–H and O–H groups in total. The maximum absolute atomic E-state index is 12.9. The fraction of sp³-hybridized carbons (Fsp3) is 0.294. The van der Waals surface area contributed by atoms with Crippen LogP contribution in [-0.4, -0.2) is 43.7 Å². The molecule has 0 bridgehead atoms. The highest BCUT2D eigenvalue weighted by atomic mass is 35.5. The van der Waals surface area contributed by atoms with Crippen LogP contribution in [0.2, 0.25) is 5.02 Å². The predicted octanol–water partition coefficient (Wildman–Crippen LogP) is 2.15. The number of amides is 3. The van der Waals surface area contributed by atoms with Crippen molar-refractivity contribution in [1.82, 2.24) is 14.5 Å². The molecule has 2 aromatic rings. The monoisotopic (exact) mass is 411 g/mol. The van der Waals surface area contributed by atoms with E-state index in [1.165, 1.54) is 26.2 Å². The minimum atomic E-state index is -3.74. The zero-order valence-corrected chi connectivity index (χ0v) is 16.5. The lowest BCUT2D eigenvalue weighted by Crippen LogP contribution is -2.40. The molecular formula is C17H18ClN3O5S. The number of nitrogens with one attached hydrogen (secondary N) is 1. The molecule has 144 valence electrons. The second-order valence-electron chi connectivity index (χ2n) is 6.46. The summed E-state index contributed by atoms with van der Waals surface area (Å²) in [7, 11) is -0.974. The van der Waals surface area contributed by atoms with Crippen LogP contribution in [0, 0.1) is 0 Å². The van der Waals surface area contributed by atoms with Crippen LogP contribution in [0.5, 0.6) is 0 Å². The zero-order chi connectivity index (χ0) is 20.0. The fourth-order valence-electron chi connectivity index (χ4n) is 2.74. The van der Waals surface area contributed by atoms with Crippen LogP contribution in [-0.2, 0) is 26.9 Å². The number of carbonyl (C=O) groups is 2. The molecule has 1 aromatic carbocycles. The summed E-state index contributed by atoms with van der Waals surface area (Å²) >= 11 is 5.88. The van der Waals surface area contributed by atoms with Gasteiger partial charge in [0.2, 0.25) is 5.09 Å². The van der Waals surface area contributed by atoms with Crippen molar-refractivity contribution in [2.45, 2.75) is 24.1 Å². The van der Waals surface area contributed by atoms with Gasteiger partial charge >= 0.3 is 6.03 Å². The van der Waals surface area contributed by atoms with E-state index in [4.69, 9.17) is 16.0 Å². The first-order chi connectivity index (χ1) is 12.6. The van der Waals surface area contributed by atoms with Crippen molar-refractivity contribution in [3.8, 4) is 0 Å². The molecule has 3 amide bonds. The van der Waals surface area contributed by atoms with E-state index in [-0.39, 0.29) is 17.4 Å². The van der Waals surface area contributed by atoms with E-state index in [0.29, 0.717) is 10.6 Å². The first-order valence-corrected chi connectivity index (χ1v) is 9.79. The Balaban J connectivity index is 1.85. The van der Waals surface area contributed by atoms with Gasteiger partial charge in [-0.2, -0.15) is 0 Å². The number of hydrogen-bond acceptors (Lipinski definition) is 5. The number of benzene rings is 1. The molecule has 0 radical (unpaired) electrons. The minimum absolute atomic E-state index is 0.180. The van der Waals surface area contributed by atoms with Crippen LogP contribution < -0.4 is 5.32 Å². The summed E-state index contributed by atoms with van der Waals surface area (Å²) in [5.74, 6) is -0.289. The first kappa shape index (κ1) is 19.4. The maximum Gasteiger partial charge on any atom is 0.325 e. The topological polar surface area (TPSA) is 99.9 Å². The largest absolute Gasteiger partial charge is 0.446 e. The lowest BCUT2D eigenvalue weighted by Gasteiger charge is -2.22. The second-order valence-corrected chi connectivity index (χ2v) is 8.98. The van der Waals surface area contributed by atoms with E-state index in [9.17, 15) is 18.0 Å². The molecule has 1 unspecified atom stereocenters. The van der Waals surface area contributed by atoms with Gasteiger partial charge in [0.05, 0.1) is 6.54 Å². The molecule has 1 aromatic heterocycles. The van der Waals surface area contributed by atoms with Crippen LogP contribution in [0.3, 0.4) is 0 Å². The number of hydrogen-bond donors (Lipinski definition) is 1. The molecule has 1 aliphatic heterocycles. The summed E-state index contributed by atoms with van der Waals surface area (Å²) < 4.78 is 30.5. The molecule has 1 saturated heterocycles. The number of furan rings is 1. The first-order valence-electron chi connectivity index (χ1n) is 7.97. The van der Waals surface area contributed by atoms with E-state index >= 15 is 0 Å². The van der Waals surface area contributed by atoms with Gasteiger partial charge in [0.25, 0.3) is 15.9 Å². The highest BCUT2D eigenvalue weighted by Crippen LogP contribution is 2.31. The third-order valence-corrected chi connectivity index (χ3v) is 6.32. The van der Waals surface area contributed by atoms with Gasteiger partial charge < -0.3 is 9.73 Å². The molecule has 1 atom stereocenters. The number of carbonyl (C=O) groups excluding carboxylic acids is 2. The number of urea groups is 1. The van der Waals surface area contributed by atoms with Crippen LogP contribution >= 0.6 is 11.6 Å². The summed E-state index contributed by atoms with van der Waals surface area (Å²) in [5, 5.41) is 2.93. The molecule has 8 nitrogen and oxygen atoms in total. The van der Waals surface area contributed by atoms with Gasteiger partial charge in [0.15, 0.2) is 0 Å². The van der Waals surface area contributed by atoms with Crippen LogP contribution in [0.4, 0.5) is 4.79 Å². The molecule has 2 heterocycles. The highest BCUT2D eigenvalue weighted by Gasteiger charge is 2.49. The lowest BCUT2D eigenvalue weighted by molar-refractivity contribution is -0.131. The smallest absolute Gasteiger partial charge is 0.325 e. The summed E-state index contributed by atoms with van der Waals surface area (Å²) in [6, 6.07) is 8.73. The lowest BCUT2D eigenvalue weighted by atomic mass is 9.92. The van der Waals surface area contributed by atoms with Gasteiger partial charge in [0, 0.05) is 19.1 Å². The Morgan fingerprint density at radius 2 is 1.78 bits per heavy atom. The number of rotatable bonds is 5. The number of halogens is 1. The molecular weight excluding hydrogens is 394 g/mol. The van der Waals surface area contributed by atoms with E-state index < -0.39 is 27.5 Å². The van der Waals surface area contributed by atoms with Gasteiger partial charge in [-0.3, -0.25) is 9.69 Å². The summed E-state index contributed by atoms with van der Waals surface area (Å²) in [6.45, 7) is 1.41. The van der Waals surface area contributed by atoms with Crippen molar-refractivity contribution >= 4 is 33.6 Å². The Kier molecular flexibility index (Phi) is 4.79. The summed E-state index contributed by atoms with van der Waals surface area (Å²) in [4.78, 5) is 26.2.